The molecule has 2 heteroatoms. The Kier molecular flexibility index (Phi) is 13.9. The first-order chi connectivity index (χ1) is 16.0. The molecule has 2 nitrogen and oxygen atoms in total. The normalized spacial score (nSPS) is 19.5. The van der Waals surface area contributed by atoms with Crippen molar-refractivity contribution in [1.29, 1.82) is 0 Å². The summed E-state index contributed by atoms with van der Waals surface area (Å²) >= 11 is 0. The van der Waals surface area contributed by atoms with Crippen LogP contribution in [0.2, 0.25) is 0 Å². The van der Waals surface area contributed by atoms with Gasteiger partial charge in [0.05, 0.1) is 0 Å². The van der Waals surface area contributed by atoms with Gasteiger partial charge in [0.15, 0.2) is 0 Å². The van der Waals surface area contributed by atoms with Gasteiger partial charge in [-0.15, -0.1) is 0 Å². The van der Waals surface area contributed by atoms with Crippen LogP contribution < -0.4 is 5.32 Å². The van der Waals surface area contributed by atoms with Gasteiger partial charge in [0.1, 0.15) is 0 Å². The Balaban J connectivity index is 0.000000890. The van der Waals surface area contributed by atoms with Crippen LogP contribution in [-0.2, 0) is 6.42 Å². The average molecular weight is 455 g/mol. The first kappa shape index (κ1) is 28.0. The summed E-state index contributed by atoms with van der Waals surface area (Å²) < 4.78 is 0. The number of hydrogen-bond acceptors (Lipinski definition) is 2. The second-order valence-corrected chi connectivity index (χ2v) is 11.0. The quantitative estimate of drug-likeness (QED) is 0.284. The molecule has 2 atom stereocenters. The molecule has 0 bridgehead atoms. The number of nitrogens with zero attached hydrogens (tertiary/aromatic N) is 1. The average Bonchev–Trinajstić information content (AvgIpc) is 3.18. The highest BCUT2D eigenvalue weighted by Crippen LogP contribution is 2.31. The highest BCUT2D eigenvalue weighted by molar-refractivity contribution is 5.22. The van der Waals surface area contributed by atoms with E-state index >= 15 is 0 Å². The van der Waals surface area contributed by atoms with Gasteiger partial charge >= 0.3 is 0 Å². The number of unbranched alkanes of at least 4 members (excludes halogenated alkanes) is 4. The third-order valence-corrected chi connectivity index (χ3v) is 7.56. The van der Waals surface area contributed by atoms with Crippen molar-refractivity contribution in [2.45, 2.75) is 117 Å². The molecular weight excluding hydrogens is 400 g/mol. The number of benzene rings is 1. The van der Waals surface area contributed by atoms with Crippen molar-refractivity contribution in [3.63, 3.8) is 0 Å². The number of hydrogen-bond donors (Lipinski definition) is 1. The van der Waals surface area contributed by atoms with E-state index in [1.165, 1.54) is 101 Å². The minimum Gasteiger partial charge on any atom is -0.384 e. The van der Waals surface area contributed by atoms with Crippen LogP contribution in [0, 0.1) is 18.8 Å². The van der Waals surface area contributed by atoms with Gasteiger partial charge < -0.3 is 10.2 Å². The van der Waals surface area contributed by atoms with Crippen LogP contribution in [0.3, 0.4) is 0 Å². The van der Waals surface area contributed by atoms with Crippen LogP contribution in [0.1, 0.15) is 109 Å². The van der Waals surface area contributed by atoms with Gasteiger partial charge in [-0.25, -0.2) is 0 Å². The molecule has 0 radical (unpaired) electrons. The van der Waals surface area contributed by atoms with E-state index in [1.807, 2.05) is 0 Å². The molecule has 0 aromatic heterocycles. The number of likely N-dealkylation sites (tertiary alicyclic amines) is 1. The lowest BCUT2D eigenvalue weighted by Gasteiger charge is -2.27. The van der Waals surface area contributed by atoms with Crippen LogP contribution in [0.15, 0.2) is 36.5 Å². The van der Waals surface area contributed by atoms with Crippen LogP contribution in [0.5, 0.6) is 0 Å². The smallest absolute Gasteiger partial charge is 0.0425 e. The van der Waals surface area contributed by atoms with Crippen LogP contribution in [-0.4, -0.2) is 30.6 Å². The highest BCUT2D eigenvalue weighted by Gasteiger charge is 2.22. The fraction of sp³-hybridized carbons (Fsp3) is 0.742. The molecule has 1 aliphatic carbocycles. The maximum Gasteiger partial charge on any atom is 0.0425 e. The summed E-state index contributed by atoms with van der Waals surface area (Å²) in [5.74, 6) is 1.92. The Morgan fingerprint density at radius 1 is 1.03 bits per heavy atom. The monoisotopic (exact) mass is 454 g/mol. The van der Waals surface area contributed by atoms with Crippen molar-refractivity contribution >= 4 is 0 Å². The van der Waals surface area contributed by atoms with E-state index in [9.17, 15) is 0 Å². The van der Waals surface area contributed by atoms with E-state index in [0.717, 1.165) is 31.2 Å². The molecule has 1 aromatic carbocycles. The topological polar surface area (TPSA) is 15.3 Å². The number of nitrogens with one attached hydrogen (secondary N) is 1. The lowest BCUT2D eigenvalue weighted by molar-refractivity contribution is 0.285. The second kappa shape index (κ2) is 16.4. The summed E-state index contributed by atoms with van der Waals surface area (Å²) in [6, 6.07) is 9.53. The van der Waals surface area contributed by atoms with Crippen molar-refractivity contribution in [2.75, 3.05) is 19.6 Å². The van der Waals surface area contributed by atoms with Crippen molar-refractivity contribution in [1.82, 2.24) is 10.2 Å². The van der Waals surface area contributed by atoms with E-state index in [0.29, 0.717) is 6.04 Å². The molecule has 1 N–H and O–H groups in total. The van der Waals surface area contributed by atoms with Crippen LogP contribution in [0.4, 0.5) is 0 Å². The predicted octanol–water partition coefficient (Wildman–Crippen LogP) is 8.30. The van der Waals surface area contributed by atoms with Gasteiger partial charge in [-0.05, 0) is 56.6 Å². The molecule has 1 aromatic rings. The maximum atomic E-state index is 4.38. The largest absolute Gasteiger partial charge is 0.384 e. The molecule has 1 aliphatic heterocycles. The summed E-state index contributed by atoms with van der Waals surface area (Å²) in [6.45, 7) is 16.9. The van der Waals surface area contributed by atoms with Gasteiger partial charge in [-0.2, -0.15) is 0 Å². The van der Waals surface area contributed by atoms with Gasteiger partial charge in [0.25, 0.3) is 0 Å². The lowest BCUT2D eigenvalue weighted by Crippen LogP contribution is -2.41. The molecule has 0 spiro atoms. The Morgan fingerprint density at radius 3 is 2.30 bits per heavy atom. The molecule has 0 unspecified atom stereocenters. The lowest BCUT2D eigenvalue weighted by atomic mass is 9.81. The van der Waals surface area contributed by atoms with E-state index in [-0.39, 0.29) is 0 Å². The minimum absolute atomic E-state index is 0.467. The number of allylic oxidation sites excluding steroid dienone is 1. The Labute approximate surface area is 206 Å². The molecule has 1 saturated carbocycles. The highest BCUT2D eigenvalue weighted by atomic mass is 15.2. The zero-order valence-electron chi connectivity index (χ0n) is 22.5. The fourth-order valence-electron chi connectivity index (χ4n) is 4.94. The minimum atomic E-state index is 0.467. The third-order valence-electron chi connectivity index (χ3n) is 7.56. The standard InChI is InChI=1S/C27H44N2.C4H10/c1-22-13-15-26(16-14-22)19-27(21-29-18-17-23(2)20-29)28-24(3)9-6-4-5-7-10-25-11-8-12-25;1-3-4-2/h13-16,23,25,27-28H,3-12,17-21H2,1-2H3;3-4H2,1-2H3/t23-,27+;/m1./s1. The summed E-state index contributed by atoms with van der Waals surface area (Å²) in [4.78, 5) is 2.64. The molecule has 2 aliphatic rings. The fourth-order valence-corrected chi connectivity index (χ4v) is 4.94. The molecule has 3 rings (SSSR count). The molecular formula is C31H54N2. The van der Waals surface area contributed by atoms with E-state index in [4.69, 9.17) is 0 Å². The molecule has 188 valence electrons. The van der Waals surface area contributed by atoms with Crippen molar-refractivity contribution in [2.24, 2.45) is 11.8 Å². The van der Waals surface area contributed by atoms with Crippen LogP contribution >= 0.6 is 0 Å². The van der Waals surface area contributed by atoms with Crippen molar-refractivity contribution in [3.05, 3.63) is 47.7 Å². The molecule has 1 heterocycles. The molecule has 2 fully saturated rings. The summed E-state index contributed by atoms with van der Waals surface area (Å²) in [7, 11) is 0. The van der Waals surface area contributed by atoms with Crippen LogP contribution in [0.25, 0.3) is 0 Å². The first-order valence-electron chi connectivity index (χ1n) is 14.2. The maximum absolute atomic E-state index is 4.38. The van der Waals surface area contributed by atoms with Gasteiger partial charge in [-0.1, -0.05) is 115 Å². The zero-order valence-corrected chi connectivity index (χ0v) is 22.5. The van der Waals surface area contributed by atoms with Gasteiger partial charge in [0.2, 0.25) is 0 Å². The molecule has 1 saturated heterocycles. The zero-order chi connectivity index (χ0) is 23.9. The third kappa shape index (κ3) is 12.1. The Hall–Kier alpha value is -1.28. The predicted molar refractivity (Wildman–Crippen MR) is 147 cm³/mol. The molecule has 0 amide bonds. The van der Waals surface area contributed by atoms with Crippen molar-refractivity contribution in [3.8, 4) is 0 Å². The van der Waals surface area contributed by atoms with E-state index < -0.39 is 0 Å². The first-order valence-corrected chi connectivity index (χ1v) is 14.2. The van der Waals surface area contributed by atoms with Crippen molar-refractivity contribution < 1.29 is 0 Å². The summed E-state index contributed by atoms with van der Waals surface area (Å²) in [5.41, 5.74) is 4.02. The second-order valence-electron chi connectivity index (χ2n) is 11.0. The SMILES string of the molecule is C=C(CCCCCCC1CCC1)N[C@@H](Cc1ccc(C)cc1)CN1CC[C@@H](C)C1.CCCC. The number of rotatable bonds is 14. The van der Waals surface area contributed by atoms with E-state index in [2.05, 4.69) is 68.8 Å². The Morgan fingerprint density at radius 2 is 1.73 bits per heavy atom. The van der Waals surface area contributed by atoms with Gasteiger partial charge in [0, 0.05) is 24.8 Å². The molecule has 33 heavy (non-hydrogen) atoms. The number of aryl methyl sites for hydroxylation is 1. The Bertz CT molecular complexity index is 629. The van der Waals surface area contributed by atoms with Gasteiger partial charge in [-0.3, -0.25) is 0 Å². The summed E-state index contributed by atoms with van der Waals surface area (Å²) in [6.07, 6.45) is 17.7. The van der Waals surface area contributed by atoms with E-state index in [1.54, 1.807) is 0 Å². The summed E-state index contributed by atoms with van der Waals surface area (Å²) in [5, 5.41) is 3.81.